The van der Waals surface area contributed by atoms with E-state index >= 15 is 0 Å². The molecule has 0 saturated heterocycles. The van der Waals surface area contributed by atoms with E-state index in [4.69, 9.17) is 0 Å². The van der Waals surface area contributed by atoms with Gasteiger partial charge in [-0.3, -0.25) is 4.79 Å². The molecule has 0 aromatic carbocycles. The topological polar surface area (TPSA) is 41.1 Å². The van der Waals surface area contributed by atoms with Gasteiger partial charge < -0.3 is 10.6 Å². The highest BCUT2D eigenvalue weighted by Gasteiger charge is 2.60. The minimum absolute atomic E-state index is 0.451. The number of hydrogen-bond acceptors (Lipinski definition) is 3. The molecule has 0 aromatic rings. The first-order valence-corrected chi connectivity index (χ1v) is 13.2. The summed E-state index contributed by atoms with van der Waals surface area (Å²) in [5, 5.41) is 7.26. The summed E-state index contributed by atoms with van der Waals surface area (Å²) >= 11 is 0. The maximum atomic E-state index is 12.1. The van der Waals surface area contributed by atoms with Crippen molar-refractivity contribution in [2.24, 2.45) is 46.3 Å². The lowest BCUT2D eigenvalue weighted by Gasteiger charge is -2.60. The molecule has 3 heteroatoms. The highest BCUT2D eigenvalue weighted by Crippen LogP contribution is 2.68. The minimum atomic E-state index is 0.451. The number of carbonyl (C=O) groups is 1. The van der Waals surface area contributed by atoms with Gasteiger partial charge >= 0.3 is 0 Å². The van der Waals surface area contributed by atoms with Crippen molar-refractivity contribution < 1.29 is 4.79 Å². The van der Waals surface area contributed by atoms with Crippen LogP contribution in [0.4, 0.5) is 0 Å². The molecule has 4 unspecified atom stereocenters. The van der Waals surface area contributed by atoms with Gasteiger partial charge in [-0.25, -0.2) is 0 Å². The summed E-state index contributed by atoms with van der Waals surface area (Å²) in [7, 11) is 0. The zero-order chi connectivity index (χ0) is 21.5. The average Bonchev–Trinajstić information content (AvgIpc) is 3.05. The first-order chi connectivity index (χ1) is 14.3. The fraction of sp³-hybridized carbons (Fsp3) is 0.963. The molecule has 0 bridgehead atoms. The van der Waals surface area contributed by atoms with Crippen LogP contribution in [-0.4, -0.2) is 31.5 Å². The van der Waals surface area contributed by atoms with Gasteiger partial charge in [0.15, 0.2) is 0 Å². The van der Waals surface area contributed by atoms with Gasteiger partial charge in [0.25, 0.3) is 0 Å². The quantitative estimate of drug-likeness (QED) is 0.543. The summed E-state index contributed by atoms with van der Waals surface area (Å²) in [5.41, 5.74) is 0.999. The highest BCUT2D eigenvalue weighted by molar-refractivity contribution is 5.79. The van der Waals surface area contributed by atoms with Crippen LogP contribution in [0, 0.1) is 46.3 Å². The summed E-state index contributed by atoms with van der Waals surface area (Å²) < 4.78 is 0. The van der Waals surface area contributed by atoms with Crippen LogP contribution in [0.5, 0.6) is 0 Å². The van der Waals surface area contributed by atoms with Crippen LogP contribution >= 0.6 is 0 Å². The van der Waals surface area contributed by atoms with Crippen LogP contribution in [0.25, 0.3) is 0 Å². The van der Waals surface area contributed by atoms with Crippen LogP contribution in [0.3, 0.4) is 0 Å². The molecule has 0 amide bonds. The van der Waals surface area contributed by atoms with Crippen LogP contribution in [0.1, 0.15) is 92.4 Å². The van der Waals surface area contributed by atoms with E-state index in [1.807, 2.05) is 0 Å². The van der Waals surface area contributed by atoms with Crippen molar-refractivity contribution in [3.05, 3.63) is 0 Å². The molecule has 4 rings (SSSR count). The predicted molar refractivity (Wildman–Crippen MR) is 125 cm³/mol. The molecule has 0 spiro atoms. The molecular weight excluding hydrogens is 368 g/mol. The molecule has 4 aliphatic carbocycles. The second-order valence-corrected chi connectivity index (χ2v) is 12.4. The van der Waals surface area contributed by atoms with Crippen LogP contribution in [-0.2, 0) is 4.79 Å². The number of fused-ring (bicyclic) bond motifs is 5. The molecule has 0 heterocycles. The smallest absolute Gasteiger partial charge is 0.133 e. The number of Topliss-reactive ketones (excluding diaryl/α,β-unsaturated/α-hetero) is 1. The van der Waals surface area contributed by atoms with Gasteiger partial charge in [-0.2, -0.15) is 0 Å². The Morgan fingerprint density at radius 3 is 2.47 bits per heavy atom. The highest BCUT2D eigenvalue weighted by atomic mass is 16.1. The van der Waals surface area contributed by atoms with Crippen LogP contribution in [0.2, 0.25) is 0 Å². The first-order valence-electron chi connectivity index (χ1n) is 13.2. The molecule has 0 aromatic heterocycles. The normalized spacial score (nSPS) is 44.5. The molecule has 172 valence electrons. The fourth-order valence-corrected chi connectivity index (χ4v) is 8.94. The molecule has 2 N–H and O–H groups in total. The zero-order valence-electron chi connectivity index (χ0n) is 20.4. The Balaban J connectivity index is 1.38. The number of ketones is 1. The summed E-state index contributed by atoms with van der Waals surface area (Å²) in [6, 6.07) is 0.577. The van der Waals surface area contributed by atoms with E-state index in [0.29, 0.717) is 28.6 Å². The monoisotopic (exact) mass is 416 g/mol. The Kier molecular flexibility index (Phi) is 6.72. The van der Waals surface area contributed by atoms with Crippen molar-refractivity contribution in [2.45, 2.75) is 98.4 Å². The second kappa shape index (κ2) is 8.85. The van der Waals surface area contributed by atoms with Crippen molar-refractivity contribution in [1.82, 2.24) is 10.6 Å². The van der Waals surface area contributed by atoms with Crippen molar-refractivity contribution in [3.8, 4) is 0 Å². The zero-order valence-corrected chi connectivity index (χ0v) is 20.4. The molecule has 30 heavy (non-hydrogen) atoms. The molecule has 4 saturated carbocycles. The SMILES string of the molecule is CC(C)NCCNC[C@@H](C)[C@H]1CCC2C3CCC4CC(=O)CC[C@]4(C)C3CC[C@@]21C. The van der Waals surface area contributed by atoms with Gasteiger partial charge in [0.1, 0.15) is 5.78 Å². The Bertz CT molecular complexity index is 618. The third kappa shape index (κ3) is 4.03. The maximum absolute atomic E-state index is 12.1. The third-order valence-electron chi connectivity index (χ3n) is 10.6. The number of carbonyl (C=O) groups excluding carboxylic acids is 1. The lowest BCUT2D eigenvalue weighted by Crippen LogP contribution is -2.54. The lowest BCUT2D eigenvalue weighted by atomic mass is 9.44. The molecule has 0 radical (unpaired) electrons. The Morgan fingerprint density at radius 1 is 0.933 bits per heavy atom. The van der Waals surface area contributed by atoms with Crippen molar-refractivity contribution >= 4 is 5.78 Å². The lowest BCUT2D eigenvalue weighted by molar-refractivity contribution is -0.140. The third-order valence-corrected chi connectivity index (χ3v) is 10.6. The number of nitrogens with one attached hydrogen (secondary N) is 2. The van der Waals surface area contributed by atoms with E-state index in [-0.39, 0.29) is 0 Å². The van der Waals surface area contributed by atoms with Gasteiger partial charge in [-0.1, -0.05) is 34.6 Å². The van der Waals surface area contributed by atoms with Gasteiger partial charge in [-0.15, -0.1) is 0 Å². The Morgan fingerprint density at radius 2 is 1.70 bits per heavy atom. The fourth-order valence-electron chi connectivity index (χ4n) is 8.94. The maximum Gasteiger partial charge on any atom is 0.133 e. The van der Waals surface area contributed by atoms with E-state index in [2.05, 4.69) is 45.3 Å². The van der Waals surface area contributed by atoms with Crippen molar-refractivity contribution in [1.29, 1.82) is 0 Å². The second-order valence-electron chi connectivity index (χ2n) is 12.4. The summed E-state index contributed by atoms with van der Waals surface area (Å²) in [6.07, 6.45) is 11.4. The summed E-state index contributed by atoms with van der Waals surface area (Å²) in [5.74, 6) is 5.63. The average molecular weight is 417 g/mol. The Labute approximate surface area is 185 Å². The van der Waals surface area contributed by atoms with Crippen molar-refractivity contribution in [3.63, 3.8) is 0 Å². The predicted octanol–water partition coefficient (Wildman–Crippen LogP) is 5.44. The van der Waals surface area contributed by atoms with Gasteiger partial charge in [0.2, 0.25) is 0 Å². The summed E-state index contributed by atoms with van der Waals surface area (Å²) in [6.45, 7) is 15.5. The van der Waals surface area contributed by atoms with E-state index in [9.17, 15) is 4.79 Å². The molecular formula is C27H48N2O. The van der Waals surface area contributed by atoms with E-state index in [1.165, 1.54) is 51.5 Å². The van der Waals surface area contributed by atoms with E-state index < -0.39 is 0 Å². The molecule has 3 nitrogen and oxygen atoms in total. The molecule has 8 atom stereocenters. The van der Waals surface area contributed by atoms with Crippen LogP contribution < -0.4 is 10.6 Å². The minimum Gasteiger partial charge on any atom is -0.315 e. The van der Waals surface area contributed by atoms with Crippen molar-refractivity contribution in [2.75, 3.05) is 19.6 Å². The molecule has 4 fully saturated rings. The standard InChI is InChI=1S/C27H48N2O/c1-18(2)29-15-14-28-17-19(3)23-8-9-24-22-7-6-20-16-21(30)10-12-26(20,4)25(22)11-13-27(23,24)5/h18-20,22-25,28-29H,6-17H2,1-5H3/t19-,20?,22?,23-,24?,25?,26+,27-/m1/s1. The summed E-state index contributed by atoms with van der Waals surface area (Å²) in [4.78, 5) is 12.1. The number of rotatable bonds is 7. The van der Waals surface area contributed by atoms with Gasteiger partial charge in [0.05, 0.1) is 0 Å². The van der Waals surface area contributed by atoms with E-state index in [1.54, 1.807) is 0 Å². The molecule has 0 aliphatic heterocycles. The first kappa shape index (κ1) is 22.8. The Hall–Kier alpha value is -0.410. The molecule has 4 aliphatic rings. The van der Waals surface area contributed by atoms with E-state index in [0.717, 1.165) is 55.5 Å². The van der Waals surface area contributed by atoms with Gasteiger partial charge in [0, 0.05) is 32.0 Å². The number of hydrogen-bond donors (Lipinski definition) is 2. The van der Waals surface area contributed by atoms with Gasteiger partial charge in [-0.05, 0) is 97.8 Å². The largest absolute Gasteiger partial charge is 0.315 e. The van der Waals surface area contributed by atoms with Crippen LogP contribution in [0.15, 0.2) is 0 Å².